The van der Waals surface area contributed by atoms with Gasteiger partial charge in [-0.05, 0) is 20.4 Å². The molecule has 0 aromatic rings. The largest absolute Gasteiger partial charge is 0.376 e. The maximum Gasteiger partial charge on any atom is 0.0933 e. The van der Waals surface area contributed by atoms with Crippen LogP contribution in [0, 0.1) is 0 Å². The van der Waals surface area contributed by atoms with Gasteiger partial charge in [-0.25, -0.2) is 0 Å². The van der Waals surface area contributed by atoms with E-state index in [-0.39, 0.29) is 6.10 Å². The molecule has 0 bridgehead atoms. The Kier molecular flexibility index (Phi) is 3.97. The Bertz CT molecular complexity index is 185. The summed E-state index contributed by atoms with van der Waals surface area (Å²) in [6.07, 6.45) is 1.49. The Morgan fingerprint density at radius 3 is 2.87 bits per heavy atom. The van der Waals surface area contributed by atoms with Crippen LogP contribution in [0.3, 0.4) is 0 Å². The van der Waals surface area contributed by atoms with Gasteiger partial charge in [-0.1, -0.05) is 0 Å². The van der Waals surface area contributed by atoms with E-state index in [2.05, 4.69) is 24.2 Å². The van der Waals surface area contributed by atoms with Crippen LogP contribution < -0.4 is 5.32 Å². The molecule has 15 heavy (non-hydrogen) atoms. The van der Waals surface area contributed by atoms with Crippen LogP contribution in [0.4, 0.5) is 0 Å². The van der Waals surface area contributed by atoms with Crippen molar-refractivity contribution >= 4 is 0 Å². The summed E-state index contributed by atoms with van der Waals surface area (Å²) in [4.78, 5) is 2.40. The van der Waals surface area contributed by atoms with Gasteiger partial charge in [-0.15, -0.1) is 0 Å². The lowest BCUT2D eigenvalue weighted by molar-refractivity contribution is -0.0869. The lowest BCUT2D eigenvalue weighted by atomic mass is 10.2. The molecule has 0 amide bonds. The lowest BCUT2D eigenvalue weighted by Gasteiger charge is -2.24. The van der Waals surface area contributed by atoms with E-state index in [0.717, 1.165) is 32.9 Å². The van der Waals surface area contributed by atoms with Crippen LogP contribution in [-0.4, -0.2) is 63.0 Å². The highest BCUT2D eigenvalue weighted by Gasteiger charge is 2.26. The van der Waals surface area contributed by atoms with Gasteiger partial charge in [0.15, 0.2) is 0 Å². The minimum Gasteiger partial charge on any atom is -0.376 e. The van der Waals surface area contributed by atoms with Crippen LogP contribution in [0.2, 0.25) is 0 Å². The molecule has 0 aromatic heterocycles. The second kappa shape index (κ2) is 5.25. The number of nitrogens with zero attached hydrogens (tertiary/aromatic N) is 1. The quantitative estimate of drug-likeness (QED) is 0.721. The lowest BCUT2D eigenvalue weighted by Crippen LogP contribution is -2.42. The molecule has 2 fully saturated rings. The predicted octanol–water partition coefficient (Wildman–Crippen LogP) is 0.0840. The highest BCUT2D eigenvalue weighted by molar-refractivity contribution is 4.85. The second-order valence-electron chi connectivity index (χ2n) is 4.70. The number of hydrogen-bond donors (Lipinski definition) is 1. The van der Waals surface area contributed by atoms with Crippen molar-refractivity contribution in [1.29, 1.82) is 0 Å². The maximum atomic E-state index is 5.59. The van der Waals surface area contributed by atoms with E-state index in [4.69, 9.17) is 9.47 Å². The molecule has 3 unspecified atom stereocenters. The van der Waals surface area contributed by atoms with Crippen LogP contribution in [0.1, 0.15) is 13.3 Å². The van der Waals surface area contributed by atoms with E-state index in [1.807, 2.05) is 0 Å². The third kappa shape index (κ3) is 3.14. The minimum atomic E-state index is 0.250. The van der Waals surface area contributed by atoms with Crippen LogP contribution >= 0.6 is 0 Å². The third-order valence-electron chi connectivity index (χ3n) is 3.41. The smallest absolute Gasteiger partial charge is 0.0933 e. The number of likely N-dealkylation sites (tertiary alicyclic amines) is 1. The van der Waals surface area contributed by atoms with E-state index in [1.165, 1.54) is 6.42 Å². The molecule has 0 radical (unpaired) electrons. The Balaban J connectivity index is 1.65. The van der Waals surface area contributed by atoms with Crippen LogP contribution in [-0.2, 0) is 9.47 Å². The number of rotatable bonds is 3. The molecular formula is C11H22N2O2. The molecular weight excluding hydrogens is 192 g/mol. The maximum absolute atomic E-state index is 5.59. The van der Waals surface area contributed by atoms with E-state index in [9.17, 15) is 0 Å². The fourth-order valence-corrected chi connectivity index (χ4v) is 2.29. The van der Waals surface area contributed by atoms with Gasteiger partial charge in [0.2, 0.25) is 0 Å². The Morgan fingerprint density at radius 2 is 2.27 bits per heavy atom. The van der Waals surface area contributed by atoms with Gasteiger partial charge in [-0.3, -0.25) is 0 Å². The van der Waals surface area contributed by atoms with Crippen LogP contribution in [0.5, 0.6) is 0 Å². The van der Waals surface area contributed by atoms with Crippen molar-refractivity contribution in [1.82, 2.24) is 10.2 Å². The van der Waals surface area contributed by atoms with Gasteiger partial charge in [0, 0.05) is 25.2 Å². The Labute approximate surface area is 91.9 Å². The van der Waals surface area contributed by atoms with Crippen LogP contribution in [0.25, 0.3) is 0 Å². The first-order chi connectivity index (χ1) is 7.25. The molecule has 88 valence electrons. The highest BCUT2D eigenvalue weighted by atomic mass is 16.6. The summed E-state index contributed by atoms with van der Waals surface area (Å²) in [6, 6.07) is 1.32. The summed E-state index contributed by atoms with van der Waals surface area (Å²) in [5, 5.41) is 3.57. The molecule has 2 saturated heterocycles. The van der Waals surface area contributed by atoms with E-state index < -0.39 is 0 Å². The SMILES string of the molecule is CC1CC(NCC2COCCO2)CN1C. The molecule has 0 spiro atoms. The fourth-order valence-electron chi connectivity index (χ4n) is 2.29. The van der Waals surface area contributed by atoms with Crippen molar-refractivity contribution in [3.05, 3.63) is 0 Å². The van der Waals surface area contributed by atoms with Crippen molar-refractivity contribution in [2.24, 2.45) is 0 Å². The average molecular weight is 214 g/mol. The summed E-state index contributed by atoms with van der Waals surface area (Å²) in [6.45, 7) is 6.58. The van der Waals surface area contributed by atoms with Gasteiger partial charge in [0.25, 0.3) is 0 Å². The first-order valence-electron chi connectivity index (χ1n) is 5.88. The standard InChI is InChI=1S/C11H22N2O2/c1-9-5-10(7-13(9)2)12-6-11-8-14-3-4-15-11/h9-12H,3-8H2,1-2H3. The van der Waals surface area contributed by atoms with Gasteiger partial charge in [0.1, 0.15) is 0 Å². The average Bonchev–Trinajstić information content (AvgIpc) is 2.57. The van der Waals surface area contributed by atoms with Crippen LogP contribution in [0.15, 0.2) is 0 Å². The van der Waals surface area contributed by atoms with Crippen molar-refractivity contribution in [3.8, 4) is 0 Å². The van der Waals surface area contributed by atoms with Crippen molar-refractivity contribution < 1.29 is 9.47 Å². The number of likely N-dealkylation sites (N-methyl/N-ethyl adjacent to an activating group) is 1. The molecule has 4 nitrogen and oxygen atoms in total. The van der Waals surface area contributed by atoms with Crippen molar-refractivity contribution in [2.75, 3.05) is 40.0 Å². The zero-order valence-electron chi connectivity index (χ0n) is 9.74. The first kappa shape index (κ1) is 11.3. The summed E-state index contributed by atoms with van der Waals surface area (Å²) in [7, 11) is 2.19. The third-order valence-corrected chi connectivity index (χ3v) is 3.41. The van der Waals surface area contributed by atoms with Gasteiger partial charge < -0.3 is 19.7 Å². The number of ether oxygens (including phenoxy) is 2. The number of nitrogens with one attached hydrogen (secondary N) is 1. The molecule has 0 saturated carbocycles. The van der Waals surface area contributed by atoms with Gasteiger partial charge in [-0.2, -0.15) is 0 Å². The zero-order valence-corrected chi connectivity index (χ0v) is 9.74. The predicted molar refractivity (Wildman–Crippen MR) is 59.1 cm³/mol. The zero-order chi connectivity index (χ0) is 10.7. The molecule has 4 heteroatoms. The molecule has 1 N–H and O–H groups in total. The summed E-state index contributed by atoms with van der Waals surface area (Å²) >= 11 is 0. The highest BCUT2D eigenvalue weighted by Crippen LogP contribution is 2.14. The molecule has 2 aliphatic rings. The molecule has 3 atom stereocenters. The summed E-state index contributed by atoms with van der Waals surface area (Å²) < 4.78 is 11.0. The molecule has 2 rings (SSSR count). The summed E-state index contributed by atoms with van der Waals surface area (Å²) in [5.74, 6) is 0. The topological polar surface area (TPSA) is 33.7 Å². The molecule has 0 aromatic carbocycles. The second-order valence-corrected chi connectivity index (χ2v) is 4.70. The fraction of sp³-hybridized carbons (Fsp3) is 1.00. The molecule has 2 heterocycles. The Hall–Kier alpha value is -0.160. The number of hydrogen-bond acceptors (Lipinski definition) is 4. The monoisotopic (exact) mass is 214 g/mol. The molecule has 2 aliphatic heterocycles. The minimum absolute atomic E-state index is 0.250. The van der Waals surface area contributed by atoms with Crippen molar-refractivity contribution in [2.45, 2.75) is 31.5 Å². The normalized spacial score (nSPS) is 38.4. The van der Waals surface area contributed by atoms with Gasteiger partial charge >= 0.3 is 0 Å². The van der Waals surface area contributed by atoms with E-state index in [1.54, 1.807) is 0 Å². The van der Waals surface area contributed by atoms with E-state index in [0.29, 0.717) is 12.1 Å². The first-order valence-corrected chi connectivity index (χ1v) is 5.88. The van der Waals surface area contributed by atoms with Crippen molar-refractivity contribution in [3.63, 3.8) is 0 Å². The summed E-state index contributed by atoms with van der Waals surface area (Å²) in [5.41, 5.74) is 0. The Morgan fingerprint density at radius 1 is 1.40 bits per heavy atom. The molecule has 0 aliphatic carbocycles. The van der Waals surface area contributed by atoms with E-state index >= 15 is 0 Å². The van der Waals surface area contributed by atoms with Gasteiger partial charge in [0.05, 0.1) is 25.9 Å².